The zero-order valence-corrected chi connectivity index (χ0v) is 21.8. The standard InChI is InChI=1S/C31H25FN2O4S/c1-38-29-10-6-5-9-23(29)19-27(34-30(36)22-7-3-2-4-8-22)31(37)33-25-15-17-26(18-16-25)39-20-28(35)21-11-13-24(32)14-12-21/h2-19H,20H2,1H3,(H,33,37)(H,34,36)/b27-19-. The molecule has 6 nitrogen and oxygen atoms in total. The number of carbonyl (C=O) groups is 3. The Hall–Kier alpha value is -4.69. The van der Waals surface area contributed by atoms with Gasteiger partial charge in [0.1, 0.15) is 17.3 Å². The van der Waals surface area contributed by atoms with Gasteiger partial charge < -0.3 is 15.4 Å². The molecule has 4 aromatic rings. The average molecular weight is 541 g/mol. The lowest BCUT2D eigenvalue weighted by Gasteiger charge is -2.13. The number of rotatable bonds is 10. The minimum Gasteiger partial charge on any atom is -0.496 e. The van der Waals surface area contributed by atoms with Gasteiger partial charge in [0.2, 0.25) is 0 Å². The van der Waals surface area contributed by atoms with Gasteiger partial charge in [-0.15, -0.1) is 11.8 Å². The van der Waals surface area contributed by atoms with E-state index in [1.807, 2.05) is 6.07 Å². The topological polar surface area (TPSA) is 84.5 Å². The van der Waals surface area contributed by atoms with Crippen LogP contribution in [-0.4, -0.2) is 30.5 Å². The van der Waals surface area contributed by atoms with E-state index < -0.39 is 17.6 Å². The Morgan fingerprint density at radius 1 is 0.821 bits per heavy atom. The number of ether oxygens (including phenoxy) is 1. The number of para-hydroxylation sites is 1. The highest BCUT2D eigenvalue weighted by Crippen LogP contribution is 2.23. The first-order valence-electron chi connectivity index (χ1n) is 12.0. The minimum absolute atomic E-state index is 0.0386. The first kappa shape index (κ1) is 27.3. The van der Waals surface area contributed by atoms with Gasteiger partial charge in [-0.25, -0.2) is 4.39 Å². The molecule has 0 aromatic heterocycles. The summed E-state index contributed by atoms with van der Waals surface area (Å²) in [4.78, 5) is 39.3. The Morgan fingerprint density at radius 2 is 1.49 bits per heavy atom. The quantitative estimate of drug-likeness (QED) is 0.142. The largest absolute Gasteiger partial charge is 0.496 e. The lowest BCUT2D eigenvalue weighted by molar-refractivity contribution is -0.113. The van der Waals surface area contributed by atoms with Gasteiger partial charge in [0.05, 0.1) is 12.9 Å². The van der Waals surface area contributed by atoms with Crippen LogP contribution < -0.4 is 15.4 Å². The van der Waals surface area contributed by atoms with E-state index >= 15 is 0 Å². The van der Waals surface area contributed by atoms with Crippen LogP contribution in [0.25, 0.3) is 6.08 Å². The third-order valence-electron chi connectivity index (χ3n) is 5.62. The van der Waals surface area contributed by atoms with Crippen molar-refractivity contribution >= 4 is 41.1 Å². The summed E-state index contributed by atoms with van der Waals surface area (Å²) in [6.07, 6.45) is 1.56. The third kappa shape index (κ3) is 7.66. The van der Waals surface area contributed by atoms with Crippen LogP contribution in [0.1, 0.15) is 26.3 Å². The van der Waals surface area contributed by atoms with Crippen LogP contribution >= 0.6 is 11.8 Å². The van der Waals surface area contributed by atoms with Crippen molar-refractivity contribution in [1.82, 2.24) is 5.32 Å². The lowest BCUT2D eigenvalue weighted by atomic mass is 10.1. The maximum Gasteiger partial charge on any atom is 0.272 e. The van der Waals surface area contributed by atoms with Gasteiger partial charge in [-0.2, -0.15) is 0 Å². The van der Waals surface area contributed by atoms with Crippen molar-refractivity contribution in [2.24, 2.45) is 0 Å². The SMILES string of the molecule is COc1ccccc1/C=C(\NC(=O)c1ccccc1)C(=O)Nc1ccc(SCC(=O)c2ccc(F)cc2)cc1. The fraction of sp³-hybridized carbons (Fsp3) is 0.0645. The molecule has 0 bridgehead atoms. The Kier molecular flexibility index (Phi) is 9.26. The molecule has 0 fully saturated rings. The maximum absolute atomic E-state index is 13.3. The van der Waals surface area contributed by atoms with E-state index in [9.17, 15) is 18.8 Å². The third-order valence-corrected chi connectivity index (χ3v) is 6.63. The van der Waals surface area contributed by atoms with Crippen LogP contribution in [0.3, 0.4) is 0 Å². The van der Waals surface area contributed by atoms with Crippen molar-refractivity contribution < 1.29 is 23.5 Å². The molecular formula is C31H25FN2O4S. The zero-order chi connectivity index (χ0) is 27.6. The second-order valence-electron chi connectivity index (χ2n) is 8.32. The number of carbonyl (C=O) groups excluding carboxylic acids is 3. The average Bonchev–Trinajstić information content (AvgIpc) is 2.97. The molecule has 2 N–H and O–H groups in total. The molecule has 39 heavy (non-hydrogen) atoms. The van der Waals surface area contributed by atoms with Crippen molar-refractivity contribution in [3.05, 3.63) is 131 Å². The number of nitrogens with one attached hydrogen (secondary N) is 2. The molecule has 0 radical (unpaired) electrons. The molecule has 196 valence electrons. The summed E-state index contributed by atoms with van der Waals surface area (Å²) in [6, 6.07) is 28.2. The normalized spacial score (nSPS) is 11.0. The first-order chi connectivity index (χ1) is 18.9. The van der Waals surface area contributed by atoms with Crippen LogP contribution in [-0.2, 0) is 4.79 Å². The summed E-state index contributed by atoms with van der Waals surface area (Å²) < 4.78 is 18.5. The van der Waals surface area contributed by atoms with Crippen LogP contribution in [0.15, 0.2) is 114 Å². The number of Topliss-reactive ketones (excluding diaryl/α,β-unsaturated/α-hetero) is 1. The smallest absolute Gasteiger partial charge is 0.272 e. The van der Waals surface area contributed by atoms with Crippen molar-refractivity contribution in [3.8, 4) is 5.75 Å². The first-order valence-corrected chi connectivity index (χ1v) is 13.0. The van der Waals surface area contributed by atoms with Gasteiger partial charge in [-0.05, 0) is 72.8 Å². The highest BCUT2D eigenvalue weighted by Gasteiger charge is 2.16. The second kappa shape index (κ2) is 13.2. The number of ketones is 1. The Morgan fingerprint density at radius 3 is 2.18 bits per heavy atom. The minimum atomic E-state index is -0.517. The monoisotopic (exact) mass is 540 g/mol. The van der Waals surface area contributed by atoms with E-state index in [4.69, 9.17) is 4.74 Å². The van der Waals surface area contributed by atoms with Crippen molar-refractivity contribution in [1.29, 1.82) is 0 Å². The number of hydrogen-bond acceptors (Lipinski definition) is 5. The van der Waals surface area contributed by atoms with Gasteiger partial charge >= 0.3 is 0 Å². The lowest BCUT2D eigenvalue weighted by Crippen LogP contribution is -2.30. The highest BCUT2D eigenvalue weighted by molar-refractivity contribution is 8.00. The van der Waals surface area contributed by atoms with E-state index in [-0.39, 0.29) is 17.2 Å². The van der Waals surface area contributed by atoms with Crippen molar-refractivity contribution in [3.63, 3.8) is 0 Å². The molecule has 0 aliphatic rings. The highest BCUT2D eigenvalue weighted by atomic mass is 32.2. The van der Waals surface area contributed by atoms with E-state index in [0.717, 1.165) is 4.90 Å². The summed E-state index contributed by atoms with van der Waals surface area (Å²) in [7, 11) is 1.53. The van der Waals surface area contributed by atoms with Gasteiger partial charge in [0, 0.05) is 27.3 Å². The predicted octanol–water partition coefficient (Wildman–Crippen LogP) is 6.22. The van der Waals surface area contributed by atoms with Crippen molar-refractivity contribution in [2.75, 3.05) is 18.2 Å². The summed E-state index contributed by atoms with van der Waals surface area (Å²) in [5.41, 5.74) is 2.02. The molecule has 0 spiro atoms. The molecule has 0 unspecified atom stereocenters. The number of anilines is 1. The fourth-order valence-electron chi connectivity index (χ4n) is 3.58. The summed E-state index contributed by atoms with van der Waals surface area (Å²) in [6.45, 7) is 0. The van der Waals surface area contributed by atoms with E-state index in [1.165, 1.54) is 43.1 Å². The number of halogens is 1. The zero-order valence-electron chi connectivity index (χ0n) is 21.0. The molecule has 0 heterocycles. The molecule has 0 saturated carbocycles. The van der Waals surface area contributed by atoms with Crippen LogP contribution in [0, 0.1) is 5.82 Å². The molecule has 4 rings (SSSR count). The van der Waals surface area contributed by atoms with E-state index in [2.05, 4.69) is 10.6 Å². The molecule has 2 amide bonds. The Labute approximate surface area is 229 Å². The van der Waals surface area contributed by atoms with E-state index in [0.29, 0.717) is 28.1 Å². The number of hydrogen-bond donors (Lipinski definition) is 2. The Bertz CT molecular complexity index is 1490. The number of methoxy groups -OCH3 is 1. The van der Waals surface area contributed by atoms with Crippen molar-refractivity contribution in [2.45, 2.75) is 4.90 Å². The van der Waals surface area contributed by atoms with Crippen LogP contribution in [0.2, 0.25) is 0 Å². The van der Waals surface area contributed by atoms with Gasteiger partial charge in [0.15, 0.2) is 5.78 Å². The molecule has 0 aliphatic carbocycles. The molecule has 4 aromatic carbocycles. The molecule has 0 aliphatic heterocycles. The number of benzene rings is 4. The number of amides is 2. The predicted molar refractivity (Wildman–Crippen MR) is 151 cm³/mol. The fourth-order valence-corrected chi connectivity index (χ4v) is 4.38. The van der Waals surface area contributed by atoms with Gasteiger partial charge in [0.25, 0.3) is 11.8 Å². The van der Waals surface area contributed by atoms with Crippen LogP contribution in [0.5, 0.6) is 5.75 Å². The summed E-state index contributed by atoms with van der Waals surface area (Å²) in [5, 5.41) is 5.51. The number of thioether (sulfide) groups is 1. The second-order valence-corrected chi connectivity index (χ2v) is 9.37. The maximum atomic E-state index is 13.3. The molecule has 8 heteroatoms. The molecule has 0 saturated heterocycles. The van der Waals surface area contributed by atoms with Gasteiger partial charge in [-0.1, -0.05) is 36.4 Å². The van der Waals surface area contributed by atoms with E-state index in [1.54, 1.807) is 78.9 Å². The summed E-state index contributed by atoms with van der Waals surface area (Å²) in [5.74, 6) is -0.709. The van der Waals surface area contributed by atoms with Crippen LogP contribution in [0.4, 0.5) is 10.1 Å². The molecule has 0 atom stereocenters. The Balaban J connectivity index is 1.46. The summed E-state index contributed by atoms with van der Waals surface area (Å²) >= 11 is 1.34. The molecular weight excluding hydrogens is 515 g/mol. The van der Waals surface area contributed by atoms with Gasteiger partial charge in [-0.3, -0.25) is 14.4 Å².